The zero-order valence-corrected chi connectivity index (χ0v) is 17.1. The number of rotatable bonds is 4. The Morgan fingerprint density at radius 2 is 1.97 bits per heavy atom. The first kappa shape index (κ1) is 19.8. The van der Waals surface area contributed by atoms with Gasteiger partial charge in [-0.05, 0) is 43.5 Å². The quantitative estimate of drug-likeness (QED) is 0.447. The van der Waals surface area contributed by atoms with Crippen LogP contribution in [0.2, 0.25) is 5.02 Å². The van der Waals surface area contributed by atoms with Crippen LogP contribution in [0.4, 0.5) is 5.69 Å². The molecule has 1 aromatic heterocycles. The fraction of sp³-hybridized carbons (Fsp3) is 0.316. The van der Waals surface area contributed by atoms with E-state index in [1.54, 1.807) is 31.2 Å². The highest BCUT2D eigenvalue weighted by atomic mass is 35.5. The summed E-state index contributed by atoms with van der Waals surface area (Å²) in [5.74, 6) is 0.528. The average molecular weight is 436 g/mol. The van der Waals surface area contributed by atoms with Gasteiger partial charge in [-0.1, -0.05) is 23.7 Å². The van der Waals surface area contributed by atoms with Gasteiger partial charge in [0.25, 0.3) is 5.69 Å². The Morgan fingerprint density at radius 3 is 2.66 bits per heavy atom. The van der Waals surface area contributed by atoms with Gasteiger partial charge in [-0.25, -0.2) is 13.4 Å². The van der Waals surface area contributed by atoms with Crippen LogP contribution in [0.5, 0.6) is 0 Å². The zero-order chi connectivity index (χ0) is 20.8. The number of hydrogen-bond donors (Lipinski definition) is 0. The van der Waals surface area contributed by atoms with E-state index in [2.05, 4.69) is 4.98 Å². The number of sulfonamides is 1. The summed E-state index contributed by atoms with van der Waals surface area (Å²) in [5.41, 5.74) is 1.26. The third-order valence-corrected chi connectivity index (χ3v) is 7.48. The zero-order valence-electron chi connectivity index (χ0n) is 15.5. The van der Waals surface area contributed by atoms with Crippen molar-refractivity contribution in [3.05, 3.63) is 63.0 Å². The van der Waals surface area contributed by atoms with Gasteiger partial charge in [-0.15, -0.1) is 0 Å². The summed E-state index contributed by atoms with van der Waals surface area (Å²) < 4.78 is 33.4. The largest absolute Gasteiger partial charge is 0.440 e. The summed E-state index contributed by atoms with van der Waals surface area (Å²) in [6.07, 6.45) is 1.03. The van der Waals surface area contributed by atoms with Gasteiger partial charge >= 0.3 is 0 Å². The standard InChI is InChI=1S/C19H18ClN3O5S/c1-12-3-2-4-16(23(24)25)18(12)29(26,27)22-9-7-13(8-10-22)19-21-15-11-14(20)5-6-17(15)28-19/h2-6,11,13H,7-10H2,1H3. The van der Waals surface area contributed by atoms with E-state index in [1.165, 1.54) is 16.4 Å². The van der Waals surface area contributed by atoms with E-state index in [4.69, 9.17) is 16.0 Å². The van der Waals surface area contributed by atoms with Crippen LogP contribution >= 0.6 is 11.6 Å². The highest BCUT2D eigenvalue weighted by Gasteiger charge is 2.36. The van der Waals surface area contributed by atoms with Crippen LogP contribution in [-0.4, -0.2) is 35.7 Å². The number of nitrogens with zero attached hydrogens (tertiary/aromatic N) is 3. The van der Waals surface area contributed by atoms with Crippen molar-refractivity contribution < 1.29 is 17.8 Å². The maximum absolute atomic E-state index is 13.1. The summed E-state index contributed by atoms with van der Waals surface area (Å²) in [6, 6.07) is 9.47. The number of aryl methyl sites for hydroxylation is 1. The van der Waals surface area contributed by atoms with E-state index < -0.39 is 20.6 Å². The normalized spacial score (nSPS) is 16.3. The van der Waals surface area contributed by atoms with E-state index in [0.29, 0.717) is 40.4 Å². The smallest absolute Gasteiger partial charge is 0.289 e. The number of hydrogen-bond acceptors (Lipinski definition) is 6. The Kier molecular flexibility index (Phi) is 5.05. The van der Waals surface area contributed by atoms with Crippen molar-refractivity contribution in [2.24, 2.45) is 0 Å². The molecule has 2 heterocycles. The molecule has 0 bridgehead atoms. The number of benzene rings is 2. The SMILES string of the molecule is Cc1cccc([N+](=O)[O-])c1S(=O)(=O)N1CCC(c2nc3cc(Cl)ccc3o2)CC1. The molecular formula is C19H18ClN3O5S. The minimum atomic E-state index is -3.98. The van der Waals surface area contributed by atoms with Crippen LogP contribution in [0.3, 0.4) is 0 Å². The van der Waals surface area contributed by atoms with Crippen LogP contribution in [0, 0.1) is 17.0 Å². The first-order valence-corrected chi connectivity index (χ1v) is 10.9. The van der Waals surface area contributed by atoms with E-state index >= 15 is 0 Å². The lowest BCUT2D eigenvalue weighted by atomic mass is 9.98. The molecule has 1 aliphatic heterocycles. The first-order chi connectivity index (χ1) is 13.8. The molecule has 4 rings (SSSR count). The molecule has 2 aromatic carbocycles. The highest BCUT2D eigenvalue weighted by Crippen LogP contribution is 2.35. The second-order valence-corrected chi connectivity index (χ2v) is 9.33. The van der Waals surface area contributed by atoms with E-state index in [1.807, 2.05) is 0 Å². The van der Waals surface area contributed by atoms with Crippen molar-refractivity contribution in [2.45, 2.75) is 30.6 Å². The first-order valence-electron chi connectivity index (χ1n) is 9.07. The molecule has 0 saturated carbocycles. The van der Waals surface area contributed by atoms with Gasteiger partial charge in [-0.2, -0.15) is 4.31 Å². The molecule has 0 unspecified atom stereocenters. The number of aromatic nitrogens is 1. The molecule has 152 valence electrons. The van der Waals surface area contributed by atoms with Gasteiger partial charge in [-0.3, -0.25) is 10.1 Å². The molecule has 0 radical (unpaired) electrons. The molecule has 1 aliphatic rings. The third kappa shape index (κ3) is 3.61. The lowest BCUT2D eigenvalue weighted by molar-refractivity contribution is -0.387. The summed E-state index contributed by atoms with van der Waals surface area (Å²) in [7, 11) is -3.98. The minimum absolute atomic E-state index is 0.0283. The summed E-state index contributed by atoms with van der Waals surface area (Å²) in [4.78, 5) is 14.9. The van der Waals surface area contributed by atoms with Crippen LogP contribution in [0.1, 0.15) is 30.2 Å². The van der Waals surface area contributed by atoms with Crippen LogP contribution in [0.25, 0.3) is 11.1 Å². The maximum atomic E-state index is 13.1. The molecule has 3 aromatic rings. The van der Waals surface area contributed by atoms with Gasteiger partial charge in [0.1, 0.15) is 5.52 Å². The molecule has 29 heavy (non-hydrogen) atoms. The number of piperidine rings is 1. The Labute approximate surface area is 172 Å². The van der Waals surface area contributed by atoms with Crippen molar-refractivity contribution in [1.29, 1.82) is 0 Å². The topological polar surface area (TPSA) is 107 Å². The molecule has 0 atom stereocenters. The van der Waals surface area contributed by atoms with Crippen molar-refractivity contribution in [2.75, 3.05) is 13.1 Å². The van der Waals surface area contributed by atoms with Crippen molar-refractivity contribution in [3.8, 4) is 0 Å². The minimum Gasteiger partial charge on any atom is -0.440 e. The Balaban J connectivity index is 1.57. The molecule has 0 spiro atoms. The molecule has 0 amide bonds. The predicted octanol–water partition coefficient (Wildman–Crippen LogP) is 4.27. The number of nitro groups is 1. The lowest BCUT2D eigenvalue weighted by Crippen LogP contribution is -2.38. The number of fused-ring (bicyclic) bond motifs is 1. The van der Waals surface area contributed by atoms with E-state index in [-0.39, 0.29) is 23.9 Å². The fourth-order valence-electron chi connectivity index (χ4n) is 3.68. The lowest BCUT2D eigenvalue weighted by Gasteiger charge is -2.30. The number of halogens is 1. The predicted molar refractivity (Wildman–Crippen MR) is 108 cm³/mol. The summed E-state index contributed by atoms with van der Waals surface area (Å²) in [5, 5.41) is 11.9. The van der Waals surface area contributed by atoms with Gasteiger partial charge in [0, 0.05) is 30.1 Å². The van der Waals surface area contributed by atoms with Crippen LogP contribution in [0.15, 0.2) is 45.7 Å². The van der Waals surface area contributed by atoms with E-state index in [0.717, 1.165) is 0 Å². The van der Waals surface area contributed by atoms with Crippen LogP contribution < -0.4 is 0 Å². The summed E-state index contributed by atoms with van der Waals surface area (Å²) >= 11 is 5.99. The van der Waals surface area contributed by atoms with Gasteiger partial charge in [0.2, 0.25) is 10.0 Å². The molecule has 1 saturated heterocycles. The molecular weight excluding hydrogens is 418 g/mol. The van der Waals surface area contributed by atoms with Crippen molar-refractivity contribution in [3.63, 3.8) is 0 Å². The average Bonchev–Trinajstić information content (AvgIpc) is 3.10. The van der Waals surface area contributed by atoms with E-state index in [9.17, 15) is 18.5 Å². The van der Waals surface area contributed by atoms with Crippen molar-refractivity contribution in [1.82, 2.24) is 9.29 Å². The van der Waals surface area contributed by atoms with Crippen molar-refractivity contribution >= 4 is 38.4 Å². The van der Waals surface area contributed by atoms with Gasteiger partial charge < -0.3 is 4.42 Å². The van der Waals surface area contributed by atoms with Gasteiger partial charge in [0.05, 0.1) is 4.92 Å². The monoisotopic (exact) mass is 435 g/mol. The molecule has 10 heteroatoms. The maximum Gasteiger partial charge on any atom is 0.289 e. The van der Waals surface area contributed by atoms with Crippen LogP contribution in [-0.2, 0) is 10.0 Å². The molecule has 0 N–H and O–H groups in total. The second kappa shape index (κ2) is 7.40. The Hall–Kier alpha value is -2.49. The molecule has 0 aliphatic carbocycles. The Bertz CT molecular complexity index is 1200. The molecule has 1 fully saturated rings. The Morgan fingerprint density at radius 1 is 1.24 bits per heavy atom. The second-order valence-electron chi connectivity index (χ2n) is 7.02. The fourth-order valence-corrected chi connectivity index (χ4v) is 5.68. The van der Waals surface area contributed by atoms with Gasteiger partial charge in [0.15, 0.2) is 16.4 Å². The number of nitro benzene ring substituents is 1. The molecule has 8 nitrogen and oxygen atoms in total. The third-order valence-electron chi connectivity index (χ3n) is 5.16. The number of oxazole rings is 1. The highest BCUT2D eigenvalue weighted by molar-refractivity contribution is 7.89. The summed E-state index contributed by atoms with van der Waals surface area (Å²) in [6.45, 7) is 2.03.